The van der Waals surface area contributed by atoms with Crippen molar-refractivity contribution in [1.82, 2.24) is 5.32 Å². The molecule has 0 aromatic carbocycles. The fourth-order valence-corrected chi connectivity index (χ4v) is 11.1. The van der Waals surface area contributed by atoms with Crippen molar-refractivity contribution in [3.05, 3.63) is 24.3 Å². The highest BCUT2D eigenvalue weighted by Gasteiger charge is 2.20. The molecule has 0 aromatic rings. The van der Waals surface area contributed by atoms with Gasteiger partial charge < -0.3 is 20.3 Å². The molecule has 0 spiro atoms. The van der Waals surface area contributed by atoms with Crippen molar-refractivity contribution in [2.24, 2.45) is 0 Å². The molecule has 2 atom stereocenters. The zero-order chi connectivity index (χ0) is 55.7. The molecular formula is C71H137NO5. The number of carbonyl (C=O) groups excluding carboxylic acids is 2. The Morgan fingerprint density at radius 2 is 0.649 bits per heavy atom. The summed E-state index contributed by atoms with van der Waals surface area (Å²) in [5, 5.41) is 23.4. The Balaban J connectivity index is 3.37. The molecule has 1 amide bonds. The van der Waals surface area contributed by atoms with E-state index in [9.17, 15) is 19.8 Å². The highest BCUT2D eigenvalue weighted by atomic mass is 16.5. The van der Waals surface area contributed by atoms with Gasteiger partial charge in [0.05, 0.1) is 25.4 Å². The molecule has 6 heteroatoms. The number of nitrogens with one attached hydrogen (secondary N) is 1. The minimum Gasteiger partial charge on any atom is -0.466 e. The van der Waals surface area contributed by atoms with Crippen LogP contribution < -0.4 is 5.32 Å². The van der Waals surface area contributed by atoms with Crippen LogP contribution in [0, 0.1) is 0 Å². The van der Waals surface area contributed by atoms with E-state index in [0.29, 0.717) is 25.9 Å². The van der Waals surface area contributed by atoms with Gasteiger partial charge in [0, 0.05) is 12.8 Å². The van der Waals surface area contributed by atoms with Gasteiger partial charge in [-0.1, -0.05) is 346 Å². The quantitative estimate of drug-likeness (QED) is 0.0320. The van der Waals surface area contributed by atoms with Gasteiger partial charge in [-0.3, -0.25) is 9.59 Å². The van der Waals surface area contributed by atoms with E-state index in [-0.39, 0.29) is 18.5 Å². The molecular weight excluding hydrogens is 947 g/mol. The molecule has 0 saturated heterocycles. The van der Waals surface area contributed by atoms with Crippen molar-refractivity contribution in [3.63, 3.8) is 0 Å². The highest BCUT2D eigenvalue weighted by molar-refractivity contribution is 5.76. The van der Waals surface area contributed by atoms with E-state index in [2.05, 4.69) is 43.5 Å². The summed E-state index contributed by atoms with van der Waals surface area (Å²) in [6.45, 7) is 4.97. The molecule has 0 bridgehead atoms. The predicted octanol–water partition coefficient (Wildman–Crippen LogP) is 22.5. The lowest BCUT2D eigenvalue weighted by atomic mass is 10.0. The van der Waals surface area contributed by atoms with Crippen LogP contribution in [0.15, 0.2) is 24.3 Å². The van der Waals surface area contributed by atoms with Gasteiger partial charge in [0.15, 0.2) is 0 Å². The van der Waals surface area contributed by atoms with E-state index in [4.69, 9.17) is 4.74 Å². The topological polar surface area (TPSA) is 95.9 Å². The van der Waals surface area contributed by atoms with Crippen LogP contribution in [0.4, 0.5) is 0 Å². The van der Waals surface area contributed by atoms with Crippen molar-refractivity contribution in [3.8, 4) is 0 Å². The average molecular weight is 1080 g/mol. The molecule has 2 unspecified atom stereocenters. The molecule has 456 valence electrons. The van der Waals surface area contributed by atoms with Crippen molar-refractivity contribution in [2.45, 2.75) is 405 Å². The standard InChI is InChI=1S/C71H137NO5/c1-3-5-7-9-11-13-15-17-19-21-28-31-35-39-43-47-51-55-59-63-69(74)68(67-73)72-70(75)64-60-56-52-48-44-40-36-32-29-26-24-23-25-27-30-34-38-42-46-50-54-58-62-66-77-71(76)65-61-57-53-49-45-41-37-33-22-20-18-16-14-12-10-8-6-4-2/h14,16,20,22,68-69,73-74H,3-13,15,17-19,21,23-67H2,1-2H3,(H,72,75)/b16-14-,22-20-. The number of unbranched alkanes of at least 4 members (excludes halogenated alkanes) is 51. The Labute approximate surface area is 481 Å². The maximum absolute atomic E-state index is 12.5. The summed E-state index contributed by atoms with van der Waals surface area (Å²) in [6.07, 6.45) is 83.6. The summed E-state index contributed by atoms with van der Waals surface area (Å²) in [5.74, 6) is -0.0225. The lowest BCUT2D eigenvalue weighted by molar-refractivity contribution is -0.143. The highest BCUT2D eigenvalue weighted by Crippen LogP contribution is 2.19. The molecule has 0 aliphatic heterocycles. The van der Waals surface area contributed by atoms with Gasteiger partial charge in [-0.15, -0.1) is 0 Å². The van der Waals surface area contributed by atoms with Crippen LogP contribution in [0.3, 0.4) is 0 Å². The predicted molar refractivity (Wildman–Crippen MR) is 338 cm³/mol. The van der Waals surface area contributed by atoms with Gasteiger partial charge in [0.2, 0.25) is 5.91 Å². The van der Waals surface area contributed by atoms with Crippen LogP contribution in [-0.4, -0.2) is 47.4 Å². The maximum atomic E-state index is 12.5. The van der Waals surface area contributed by atoms with E-state index >= 15 is 0 Å². The first-order valence-electron chi connectivity index (χ1n) is 35.1. The third-order valence-corrected chi connectivity index (χ3v) is 16.5. The second-order valence-electron chi connectivity index (χ2n) is 24.2. The van der Waals surface area contributed by atoms with Crippen molar-refractivity contribution < 1.29 is 24.5 Å². The Morgan fingerprint density at radius 1 is 0.364 bits per heavy atom. The average Bonchev–Trinajstić information content (AvgIpc) is 3.43. The number of rotatable bonds is 66. The van der Waals surface area contributed by atoms with Gasteiger partial charge in [-0.25, -0.2) is 0 Å². The first-order chi connectivity index (χ1) is 38.0. The molecule has 0 aliphatic carbocycles. The van der Waals surface area contributed by atoms with Crippen LogP contribution in [0.1, 0.15) is 393 Å². The Bertz CT molecular complexity index is 1200. The lowest BCUT2D eigenvalue weighted by Gasteiger charge is -2.22. The molecule has 77 heavy (non-hydrogen) atoms. The lowest BCUT2D eigenvalue weighted by Crippen LogP contribution is -2.45. The summed E-state index contributed by atoms with van der Waals surface area (Å²) in [5.41, 5.74) is 0. The van der Waals surface area contributed by atoms with E-state index in [0.717, 1.165) is 51.4 Å². The van der Waals surface area contributed by atoms with E-state index in [1.165, 1.54) is 308 Å². The molecule has 0 heterocycles. The Kier molecular flexibility index (Phi) is 65.4. The number of allylic oxidation sites excluding steroid dienone is 4. The number of aliphatic hydroxyl groups is 2. The number of carbonyl (C=O) groups is 2. The number of hydrogen-bond donors (Lipinski definition) is 3. The number of ether oxygens (including phenoxy) is 1. The van der Waals surface area contributed by atoms with Gasteiger partial charge in [0.25, 0.3) is 0 Å². The van der Waals surface area contributed by atoms with Crippen LogP contribution in [0.25, 0.3) is 0 Å². The molecule has 0 fully saturated rings. The zero-order valence-corrected chi connectivity index (χ0v) is 52.2. The molecule has 0 aromatic heterocycles. The van der Waals surface area contributed by atoms with Gasteiger partial charge in [-0.2, -0.15) is 0 Å². The fraction of sp³-hybridized carbons (Fsp3) is 0.915. The van der Waals surface area contributed by atoms with E-state index < -0.39 is 12.1 Å². The fourth-order valence-electron chi connectivity index (χ4n) is 11.1. The number of esters is 1. The number of aliphatic hydroxyl groups excluding tert-OH is 2. The van der Waals surface area contributed by atoms with Crippen LogP contribution in [0.5, 0.6) is 0 Å². The third kappa shape index (κ3) is 63.4. The minimum absolute atomic E-state index is 0.00802. The largest absolute Gasteiger partial charge is 0.466 e. The summed E-state index contributed by atoms with van der Waals surface area (Å²) < 4.78 is 5.50. The molecule has 0 aliphatic rings. The van der Waals surface area contributed by atoms with Gasteiger partial charge in [-0.05, 0) is 57.8 Å². The SMILES string of the molecule is CCCCCC/C=C\C/C=C\CCCCCCCCCC(=O)OCCCCCCCCCCCCCCCCCCCCCCCCCC(=O)NC(CO)C(O)CCCCCCCCCCCCCCCCCCCCC. The van der Waals surface area contributed by atoms with Crippen molar-refractivity contribution in [1.29, 1.82) is 0 Å². The van der Waals surface area contributed by atoms with E-state index in [1.54, 1.807) is 0 Å². The maximum Gasteiger partial charge on any atom is 0.305 e. The molecule has 0 radical (unpaired) electrons. The Hall–Kier alpha value is -1.66. The zero-order valence-electron chi connectivity index (χ0n) is 52.2. The second kappa shape index (κ2) is 66.8. The first-order valence-corrected chi connectivity index (χ1v) is 35.1. The summed E-state index contributed by atoms with van der Waals surface area (Å²) in [6, 6.07) is -0.542. The van der Waals surface area contributed by atoms with Crippen LogP contribution in [0.2, 0.25) is 0 Å². The normalized spacial score (nSPS) is 12.6. The van der Waals surface area contributed by atoms with Crippen LogP contribution in [-0.2, 0) is 14.3 Å². The van der Waals surface area contributed by atoms with Crippen molar-refractivity contribution >= 4 is 11.9 Å². The molecule has 0 saturated carbocycles. The number of hydrogen-bond acceptors (Lipinski definition) is 5. The monoisotopic (exact) mass is 1080 g/mol. The third-order valence-electron chi connectivity index (χ3n) is 16.5. The Morgan fingerprint density at radius 3 is 1.00 bits per heavy atom. The second-order valence-corrected chi connectivity index (χ2v) is 24.2. The summed E-state index contributed by atoms with van der Waals surface area (Å²) >= 11 is 0. The minimum atomic E-state index is -0.665. The van der Waals surface area contributed by atoms with Crippen molar-refractivity contribution in [2.75, 3.05) is 13.2 Å². The summed E-state index contributed by atoms with van der Waals surface area (Å²) in [4.78, 5) is 24.6. The number of amides is 1. The van der Waals surface area contributed by atoms with E-state index in [1.807, 2.05) is 0 Å². The molecule has 0 rings (SSSR count). The summed E-state index contributed by atoms with van der Waals surface area (Å²) in [7, 11) is 0. The smallest absolute Gasteiger partial charge is 0.305 e. The van der Waals surface area contributed by atoms with Crippen LogP contribution >= 0.6 is 0 Å². The molecule has 6 nitrogen and oxygen atoms in total. The first kappa shape index (κ1) is 75.3. The molecule has 3 N–H and O–H groups in total. The van der Waals surface area contributed by atoms with Gasteiger partial charge in [0.1, 0.15) is 0 Å². The van der Waals surface area contributed by atoms with Gasteiger partial charge >= 0.3 is 5.97 Å².